The molecule has 1 aliphatic carbocycles. The first-order valence-electron chi connectivity index (χ1n) is 11.3. The number of methoxy groups -OCH3 is 1. The highest BCUT2D eigenvalue weighted by molar-refractivity contribution is 5.77. The zero-order chi connectivity index (χ0) is 22.9. The molecule has 172 valence electrons. The third-order valence-corrected chi connectivity index (χ3v) is 7.37. The van der Waals surface area contributed by atoms with Gasteiger partial charge >= 0.3 is 0 Å². The van der Waals surface area contributed by atoms with Crippen LogP contribution in [-0.4, -0.2) is 60.5 Å². The molecular formula is C26H33NO5. The summed E-state index contributed by atoms with van der Waals surface area (Å²) >= 11 is 0. The molecule has 6 nitrogen and oxygen atoms in total. The molecule has 1 saturated carbocycles. The van der Waals surface area contributed by atoms with Crippen molar-refractivity contribution in [2.45, 2.75) is 38.2 Å². The maximum atomic E-state index is 12.2. The van der Waals surface area contributed by atoms with Gasteiger partial charge in [0.25, 0.3) is 0 Å². The smallest absolute Gasteiger partial charge is 0.248 e. The summed E-state index contributed by atoms with van der Waals surface area (Å²) in [5.41, 5.74) is 1.83. The molecular weight excluding hydrogens is 406 g/mol. The predicted molar refractivity (Wildman–Crippen MR) is 122 cm³/mol. The Kier molecular flexibility index (Phi) is 6.45. The van der Waals surface area contributed by atoms with Crippen molar-refractivity contribution >= 4 is 5.91 Å². The SMILES string of the molecule is COc1ccc([C@@H]2CN(C(=O)CO)C[C@@]2(C)[C@@H](C)O)cc1OC[C@@H]1C[C@H]1c1ccccc1. The number of aliphatic hydroxyl groups excluding tert-OH is 2. The highest BCUT2D eigenvalue weighted by Crippen LogP contribution is 2.49. The van der Waals surface area contributed by atoms with Crippen molar-refractivity contribution in [3.8, 4) is 11.5 Å². The van der Waals surface area contributed by atoms with E-state index in [1.807, 2.05) is 31.2 Å². The first-order chi connectivity index (χ1) is 15.4. The van der Waals surface area contributed by atoms with E-state index < -0.39 is 18.1 Å². The van der Waals surface area contributed by atoms with Crippen LogP contribution in [0, 0.1) is 11.3 Å². The fourth-order valence-corrected chi connectivity index (χ4v) is 4.97. The van der Waals surface area contributed by atoms with Crippen molar-refractivity contribution in [2.24, 2.45) is 11.3 Å². The van der Waals surface area contributed by atoms with E-state index in [9.17, 15) is 15.0 Å². The molecule has 1 saturated heterocycles. The van der Waals surface area contributed by atoms with Gasteiger partial charge in [0.2, 0.25) is 5.91 Å². The largest absolute Gasteiger partial charge is 0.493 e. The maximum Gasteiger partial charge on any atom is 0.248 e. The van der Waals surface area contributed by atoms with Crippen molar-refractivity contribution in [1.82, 2.24) is 4.90 Å². The van der Waals surface area contributed by atoms with Gasteiger partial charge in [-0.1, -0.05) is 43.3 Å². The van der Waals surface area contributed by atoms with Gasteiger partial charge in [-0.15, -0.1) is 0 Å². The number of amides is 1. The van der Waals surface area contributed by atoms with Crippen LogP contribution in [0.2, 0.25) is 0 Å². The third kappa shape index (κ3) is 4.34. The lowest BCUT2D eigenvalue weighted by molar-refractivity contribution is -0.133. The molecule has 32 heavy (non-hydrogen) atoms. The Morgan fingerprint density at radius 1 is 1.19 bits per heavy atom. The fraction of sp³-hybridized carbons (Fsp3) is 0.500. The molecule has 1 amide bonds. The van der Waals surface area contributed by atoms with Crippen LogP contribution in [0.4, 0.5) is 0 Å². The molecule has 2 fully saturated rings. The minimum atomic E-state index is -0.617. The molecule has 2 aromatic carbocycles. The van der Waals surface area contributed by atoms with Gasteiger partial charge in [-0.2, -0.15) is 0 Å². The average Bonchev–Trinajstić information content (AvgIpc) is 3.50. The topological polar surface area (TPSA) is 79.2 Å². The van der Waals surface area contributed by atoms with Gasteiger partial charge in [0, 0.05) is 30.3 Å². The summed E-state index contributed by atoms with van der Waals surface area (Å²) in [6.45, 7) is 4.70. The number of ether oxygens (including phenoxy) is 2. The zero-order valence-corrected chi connectivity index (χ0v) is 19.0. The molecule has 2 N–H and O–H groups in total. The molecule has 0 radical (unpaired) electrons. The monoisotopic (exact) mass is 439 g/mol. The number of hydrogen-bond acceptors (Lipinski definition) is 5. The summed E-state index contributed by atoms with van der Waals surface area (Å²) in [5, 5.41) is 19.9. The molecule has 2 aliphatic rings. The molecule has 6 heteroatoms. The number of carbonyl (C=O) groups is 1. The van der Waals surface area contributed by atoms with Crippen LogP contribution in [0.5, 0.6) is 11.5 Å². The fourth-order valence-electron chi connectivity index (χ4n) is 4.97. The molecule has 0 unspecified atom stereocenters. The normalized spacial score (nSPS) is 27.8. The van der Waals surface area contributed by atoms with Crippen molar-refractivity contribution in [1.29, 1.82) is 0 Å². The molecule has 0 aromatic heterocycles. The standard InChI is InChI=1S/C26H33NO5/c1-17(29)26(2)16-27(25(30)14-28)13-22(26)19-9-10-23(31-3)24(12-19)32-15-20-11-21(20)18-7-5-4-6-8-18/h4-10,12,17,20-22,28-29H,11,13-16H2,1-3H3/t17-,20+,21+,22+,26+/m1/s1. The number of nitrogens with zero attached hydrogens (tertiary/aromatic N) is 1. The van der Waals surface area contributed by atoms with Gasteiger partial charge in [0.05, 0.1) is 19.8 Å². The predicted octanol–water partition coefficient (Wildman–Crippen LogP) is 3.18. The molecule has 1 aliphatic heterocycles. The lowest BCUT2D eigenvalue weighted by Gasteiger charge is -2.33. The molecule has 0 bridgehead atoms. The minimum Gasteiger partial charge on any atom is -0.493 e. The van der Waals surface area contributed by atoms with E-state index in [0.29, 0.717) is 43.0 Å². The van der Waals surface area contributed by atoms with Gasteiger partial charge < -0.3 is 24.6 Å². The Bertz CT molecular complexity index is 946. The number of likely N-dealkylation sites (tertiary alicyclic amines) is 1. The second kappa shape index (κ2) is 9.12. The molecule has 5 atom stereocenters. The van der Waals surface area contributed by atoms with Crippen LogP contribution < -0.4 is 9.47 Å². The van der Waals surface area contributed by atoms with E-state index in [1.165, 1.54) is 5.56 Å². The van der Waals surface area contributed by atoms with E-state index in [-0.39, 0.29) is 11.8 Å². The van der Waals surface area contributed by atoms with Gasteiger partial charge in [0.1, 0.15) is 6.61 Å². The molecule has 0 spiro atoms. The second-order valence-corrected chi connectivity index (χ2v) is 9.40. The zero-order valence-electron chi connectivity index (χ0n) is 19.0. The molecule has 4 rings (SSSR count). The summed E-state index contributed by atoms with van der Waals surface area (Å²) < 4.78 is 11.8. The Labute approximate surface area is 189 Å². The van der Waals surface area contributed by atoms with Gasteiger partial charge in [0.15, 0.2) is 11.5 Å². The molecule has 2 aromatic rings. The second-order valence-electron chi connectivity index (χ2n) is 9.40. The van der Waals surface area contributed by atoms with Crippen molar-refractivity contribution < 1.29 is 24.5 Å². The van der Waals surface area contributed by atoms with Crippen LogP contribution in [-0.2, 0) is 4.79 Å². The number of carbonyl (C=O) groups excluding carboxylic acids is 1. The van der Waals surface area contributed by atoms with E-state index in [4.69, 9.17) is 9.47 Å². The van der Waals surface area contributed by atoms with E-state index in [2.05, 4.69) is 24.3 Å². The number of benzene rings is 2. The summed E-state index contributed by atoms with van der Waals surface area (Å²) in [6.07, 6.45) is 0.501. The lowest BCUT2D eigenvalue weighted by Crippen LogP contribution is -2.38. The highest BCUT2D eigenvalue weighted by atomic mass is 16.5. The first-order valence-corrected chi connectivity index (χ1v) is 11.3. The minimum absolute atomic E-state index is 0.0794. The Morgan fingerprint density at radius 2 is 1.94 bits per heavy atom. The third-order valence-electron chi connectivity index (χ3n) is 7.37. The lowest BCUT2D eigenvalue weighted by atomic mass is 9.72. The Morgan fingerprint density at radius 3 is 2.59 bits per heavy atom. The summed E-state index contributed by atoms with van der Waals surface area (Å²) in [4.78, 5) is 13.8. The first kappa shape index (κ1) is 22.6. The maximum absolute atomic E-state index is 12.2. The summed E-state index contributed by atoms with van der Waals surface area (Å²) in [7, 11) is 1.63. The summed E-state index contributed by atoms with van der Waals surface area (Å²) in [5.74, 6) is 1.98. The van der Waals surface area contributed by atoms with Crippen molar-refractivity contribution in [3.63, 3.8) is 0 Å². The molecule has 1 heterocycles. The van der Waals surface area contributed by atoms with Gasteiger partial charge in [-0.05, 0) is 42.5 Å². The van der Waals surface area contributed by atoms with E-state index in [1.54, 1.807) is 18.9 Å². The van der Waals surface area contributed by atoms with Crippen LogP contribution >= 0.6 is 0 Å². The van der Waals surface area contributed by atoms with Crippen LogP contribution in [0.25, 0.3) is 0 Å². The number of hydrogen-bond donors (Lipinski definition) is 2. The Balaban J connectivity index is 1.52. The van der Waals surface area contributed by atoms with E-state index >= 15 is 0 Å². The van der Waals surface area contributed by atoms with Gasteiger partial charge in [-0.25, -0.2) is 0 Å². The Hall–Kier alpha value is -2.57. The number of rotatable bonds is 8. The van der Waals surface area contributed by atoms with Crippen LogP contribution in [0.1, 0.15) is 43.2 Å². The van der Waals surface area contributed by atoms with Gasteiger partial charge in [-0.3, -0.25) is 4.79 Å². The number of aliphatic hydroxyl groups is 2. The summed E-state index contributed by atoms with van der Waals surface area (Å²) in [6, 6.07) is 16.4. The van der Waals surface area contributed by atoms with Crippen LogP contribution in [0.15, 0.2) is 48.5 Å². The highest BCUT2D eigenvalue weighted by Gasteiger charge is 2.48. The van der Waals surface area contributed by atoms with Crippen LogP contribution in [0.3, 0.4) is 0 Å². The quantitative estimate of drug-likeness (QED) is 0.661. The van der Waals surface area contributed by atoms with Crippen molar-refractivity contribution in [3.05, 3.63) is 59.7 Å². The van der Waals surface area contributed by atoms with E-state index in [0.717, 1.165) is 12.0 Å². The average molecular weight is 440 g/mol. The van der Waals surface area contributed by atoms with Crippen molar-refractivity contribution in [2.75, 3.05) is 33.4 Å².